The molecule has 0 spiro atoms. The zero-order valence-electron chi connectivity index (χ0n) is 16.5. The zero-order chi connectivity index (χ0) is 26.4. The smallest absolute Gasteiger partial charge is 0.387 e. The van der Waals surface area contributed by atoms with Crippen molar-refractivity contribution in [3.05, 3.63) is 27.1 Å². The number of nitrogens with zero attached hydrogens (tertiary/aromatic N) is 6. The van der Waals surface area contributed by atoms with E-state index in [4.69, 9.17) is 25.8 Å². The van der Waals surface area contributed by atoms with Gasteiger partial charge in [0.25, 0.3) is 5.56 Å². The van der Waals surface area contributed by atoms with Crippen molar-refractivity contribution in [3.8, 4) is 0 Å². The van der Waals surface area contributed by atoms with E-state index >= 15 is 4.39 Å². The first kappa shape index (κ1) is 27.3. The Labute approximate surface area is 190 Å². The van der Waals surface area contributed by atoms with Crippen LogP contribution in [0.3, 0.4) is 0 Å². The Bertz CT molecular complexity index is 1390. The predicted molar refractivity (Wildman–Crippen MR) is 105 cm³/mol. The van der Waals surface area contributed by atoms with E-state index in [9.17, 15) is 33.4 Å². The topological polar surface area (TPSA) is 328 Å². The molecule has 1 saturated heterocycles. The number of phosphoric acid groups is 3. The van der Waals surface area contributed by atoms with Crippen molar-refractivity contribution in [1.82, 2.24) is 19.5 Å². The molecule has 1 fully saturated rings. The molecule has 194 valence electrons. The van der Waals surface area contributed by atoms with Crippen molar-refractivity contribution in [2.24, 2.45) is 5.11 Å². The Hall–Kier alpha value is -2.28. The number of ether oxygens (including phenoxy) is 1. The van der Waals surface area contributed by atoms with E-state index in [-0.39, 0.29) is 11.2 Å². The van der Waals surface area contributed by atoms with Gasteiger partial charge >= 0.3 is 23.5 Å². The molecule has 8 N–H and O–H groups in total. The third-order valence-corrected chi connectivity index (χ3v) is 7.93. The van der Waals surface area contributed by atoms with Crippen LogP contribution in [0.5, 0.6) is 0 Å². The minimum absolute atomic E-state index is 0.320. The van der Waals surface area contributed by atoms with Crippen LogP contribution in [0.2, 0.25) is 0 Å². The number of azide groups is 1. The summed E-state index contributed by atoms with van der Waals surface area (Å²) >= 11 is 0. The van der Waals surface area contributed by atoms with Crippen LogP contribution in [0.15, 0.2) is 16.2 Å². The number of phosphoric ester groups is 1. The number of fused-ring (bicyclic) bond motifs is 1. The summed E-state index contributed by atoms with van der Waals surface area (Å²) in [5, 5.41) is 13.4. The fourth-order valence-corrected chi connectivity index (χ4v) is 5.91. The van der Waals surface area contributed by atoms with Gasteiger partial charge in [0.05, 0.1) is 12.9 Å². The summed E-state index contributed by atoms with van der Waals surface area (Å²) in [7, 11) is -17.3. The highest BCUT2D eigenvalue weighted by molar-refractivity contribution is 7.66. The van der Waals surface area contributed by atoms with E-state index in [1.807, 2.05) is 0 Å². The van der Waals surface area contributed by atoms with Crippen LogP contribution in [0.4, 0.5) is 10.3 Å². The van der Waals surface area contributed by atoms with Gasteiger partial charge in [-0.3, -0.25) is 18.9 Å². The highest BCUT2D eigenvalue weighted by Gasteiger charge is 2.57. The summed E-state index contributed by atoms with van der Waals surface area (Å²) in [4.78, 5) is 59.7. The van der Waals surface area contributed by atoms with Gasteiger partial charge in [-0.15, -0.1) is 0 Å². The predicted octanol–water partition coefficient (Wildman–Crippen LogP) is -0.721. The van der Waals surface area contributed by atoms with E-state index in [1.54, 1.807) is 0 Å². The second-order valence-electron chi connectivity index (χ2n) is 6.57. The summed E-state index contributed by atoms with van der Waals surface area (Å²) in [5.74, 6) is -0.396. The van der Waals surface area contributed by atoms with Crippen molar-refractivity contribution >= 4 is 40.6 Å². The number of halogens is 1. The molecule has 1 aliphatic heterocycles. The van der Waals surface area contributed by atoms with Crippen molar-refractivity contribution < 1.29 is 60.6 Å². The lowest BCUT2D eigenvalue weighted by molar-refractivity contribution is -0.120. The molecule has 1 aliphatic rings. The average Bonchev–Trinajstić information content (AvgIpc) is 3.19. The molecule has 0 radical (unpaired) electrons. The molecule has 25 heteroatoms. The van der Waals surface area contributed by atoms with E-state index in [0.29, 0.717) is 0 Å². The van der Waals surface area contributed by atoms with Gasteiger partial charge in [-0.2, -0.15) is 13.6 Å². The number of rotatable bonds is 9. The maximum absolute atomic E-state index is 15.0. The number of alkyl halides is 1. The molecular formula is C10H14FN8O13P3. The number of aromatic amines is 1. The molecule has 6 atom stereocenters. The van der Waals surface area contributed by atoms with Crippen molar-refractivity contribution in [2.45, 2.75) is 24.2 Å². The van der Waals surface area contributed by atoms with Crippen LogP contribution in [0, 0.1) is 0 Å². The number of H-pyrrole nitrogens is 1. The standard InChI is InChI=1S/C10H14FN8O13P3/c11-3-5(20)10(17-18-13,1-29-34(25,26)32-35(27,28)31-33(22,23)24)30-8(3)19-2-14-4-6(19)15-9(12)16-7(4)21/h2-3,5,8,20H,1H2,(H,25,26)(H,27,28)(H2,22,23,24)(H3,12,15,16,21)/t3-,5+,8-,10-/m1/s1. The molecule has 0 bridgehead atoms. The molecule has 0 amide bonds. The van der Waals surface area contributed by atoms with Gasteiger partial charge in [0.2, 0.25) is 11.7 Å². The third kappa shape index (κ3) is 5.93. The molecule has 0 aromatic carbocycles. The van der Waals surface area contributed by atoms with E-state index < -0.39 is 65.8 Å². The molecule has 3 heterocycles. The fraction of sp³-hybridized carbons (Fsp3) is 0.500. The van der Waals surface area contributed by atoms with Crippen LogP contribution in [0.1, 0.15) is 6.23 Å². The normalized spacial score (nSPS) is 28.3. The first-order chi connectivity index (χ1) is 16.0. The first-order valence-electron chi connectivity index (χ1n) is 8.56. The molecule has 0 aliphatic carbocycles. The number of aliphatic hydroxyl groups excluding tert-OH is 1. The van der Waals surface area contributed by atoms with Crippen LogP contribution in [-0.4, -0.2) is 68.8 Å². The summed E-state index contributed by atoms with van der Waals surface area (Å²) in [6, 6.07) is 0. The Morgan fingerprint density at radius 1 is 1.31 bits per heavy atom. The number of aromatic nitrogens is 4. The van der Waals surface area contributed by atoms with Crippen molar-refractivity contribution in [3.63, 3.8) is 0 Å². The minimum Gasteiger partial charge on any atom is -0.387 e. The molecule has 21 nitrogen and oxygen atoms in total. The summed E-state index contributed by atoms with van der Waals surface area (Å²) < 4.78 is 66.5. The fourth-order valence-electron chi connectivity index (χ4n) is 2.87. The van der Waals surface area contributed by atoms with Gasteiger partial charge in [0, 0.05) is 4.91 Å². The Kier molecular flexibility index (Phi) is 7.26. The van der Waals surface area contributed by atoms with Gasteiger partial charge in [-0.1, -0.05) is 5.11 Å². The third-order valence-electron chi connectivity index (χ3n) is 4.15. The number of hydrogen-bond acceptors (Lipinski definition) is 13. The lowest BCUT2D eigenvalue weighted by Crippen LogP contribution is -2.44. The summed E-state index contributed by atoms with van der Waals surface area (Å²) in [5.41, 5.74) is 10.0. The maximum atomic E-state index is 15.0. The Morgan fingerprint density at radius 2 is 1.97 bits per heavy atom. The van der Waals surface area contributed by atoms with Crippen LogP contribution >= 0.6 is 23.5 Å². The molecule has 2 aromatic heterocycles. The lowest BCUT2D eigenvalue weighted by Gasteiger charge is -2.27. The molecule has 2 unspecified atom stereocenters. The van der Waals surface area contributed by atoms with E-state index in [2.05, 4.69) is 38.1 Å². The Balaban J connectivity index is 1.89. The monoisotopic (exact) mass is 566 g/mol. The van der Waals surface area contributed by atoms with Crippen LogP contribution in [0.25, 0.3) is 21.6 Å². The molecule has 2 aromatic rings. The highest BCUT2D eigenvalue weighted by Crippen LogP contribution is 2.66. The number of anilines is 1. The number of imidazole rings is 1. The molecule has 0 saturated carbocycles. The number of hydrogen-bond donors (Lipinski definition) is 7. The SMILES string of the molecule is [N-]=[N+]=N[C@]1(COP(=O)(O)OP(=O)(O)OP(=O)(O)O)O[C@@H](n2cnc3c(=O)[nH]c(N)nc32)[C@H](F)[C@@H]1O. The van der Waals surface area contributed by atoms with Gasteiger partial charge in [-0.05, 0) is 5.53 Å². The van der Waals surface area contributed by atoms with Crippen molar-refractivity contribution in [1.29, 1.82) is 0 Å². The van der Waals surface area contributed by atoms with Crippen LogP contribution in [-0.2, 0) is 31.6 Å². The Morgan fingerprint density at radius 3 is 2.57 bits per heavy atom. The zero-order valence-corrected chi connectivity index (χ0v) is 19.2. The molecular weight excluding hydrogens is 552 g/mol. The quantitative estimate of drug-likeness (QED) is 0.0852. The summed E-state index contributed by atoms with van der Waals surface area (Å²) in [6.45, 7) is -1.51. The second kappa shape index (κ2) is 9.30. The molecule has 35 heavy (non-hydrogen) atoms. The van der Waals surface area contributed by atoms with Crippen molar-refractivity contribution in [2.75, 3.05) is 12.3 Å². The number of nitrogen functional groups attached to an aromatic ring is 1. The van der Waals surface area contributed by atoms with Gasteiger partial charge in [0.1, 0.15) is 6.10 Å². The van der Waals surface area contributed by atoms with Gasteiger partial charge < -0.3 is 35.2 Å². The highest BCUT2D eigenvalue weighted by atomic mass is 31.3. The number of nitrogens with one attached hydrogen (secondary N) is 1. The first-order valence-corrected chi connectivity index (χ1v) is 13.1. The molecule has 3 rings (SSSR count). The van der Waals surface area contributed by atoms with Gasteiger partial charge in [0.15, 0.2) is 23.6 Å². The lowest BCUT2D eigenvalue weighted by atomic mass is 10.1. The largest absolute Gasteiger partial charge is 0.490 e. The minimum atomic E-state index is -5.90. The average molecular weight is 566 g/mol. The van der Waals surface area contributed by atoms with E-state index in [1.165, 1.54) is 0 Å². The second-order valence-corrected chi connectivity index (χ2v) is 11.0. The number of nitrogens with two attached hydrogens (primary N) is 1. The van der Waals surface area contributed by atoms with Gasteiger partial charge in [-0.25, -0.2) is 23.1 Å². The maximum Gasteiger partial charge on any atom is 0.490 e. The number of aliphatic hydroxyl groups is 1. The van der Waals surface area contributed by atoms with Crippen LogP contribution < -0.4 is 11.3 Å². The van der Waals surface area contributed by atoms with E-state index in [0.717, 1.165) is 10.9 Å². The summed E-state index contributed by atoms with van der Waals surface area (Å²) in [6.07, 6.45) is -5.97.